The summed E-state index contributed by atoms with van der Waals surface area (Å²) in [5.74, 6) is -0.168. The Kier molecular flexibility index (Phi) is 5.59. The number of benzene rings is 2. The van der Waals surface area contributed by atoms with Crippen LogP contribution < -0.4 is 10.7 Å². The lowest BCUT2D eigenvalue weighted by molar-refractivity contribution is -0.114. The van der Waals surface area contributed by atoms with Crippen molar-refractivity contribution < 1.29 is 18.7 Å². The SMILES string of the molecule is CCCc1c(-c2ccc(C(=O)OC)cc2)oc2cc(NC(C)=O)ccc2c1=O. The predicted molar refractivity (Wildman–Crippen MR) is 108 cm³/mol. The van der Waals surface area contributed by atoms with Gasteiger partial charge in [-0.1, -0.05) is 25.5 Å². The zero-order valence-corrected chi connectivity index (χ0v) is 16.0. The van der Waals surface area contributed by atoms with Gasteiger partial charge in [-0.2, -0.15) is 0 Å². The highest BCUT2D eigenvalue weighted by molar-refractivity contribution is 5.92. The Morgan fingerprint density at radius 3 is 2.43 bits per heavy atom. The molecular weight excluding hydrogens is 358 g/mol. The minimum absolute atomic E-state index is 0.0930. The van der Waals surface area contributed by atoms with Crippen molar-refractivity contribution in [3.05, 3.63) is 63.8 Å². The first kappa shape index (κ1) is 19.4. The number of carbonyl (C=O) groups excluding carboxylic acids is 2. The van der Waals surface area contributed by atoms with E-state index in [4.69, 9.17) is 9.15 Å². The summed E-state index contributed by atoms with van der Waals surface area (Å²) in [6.07, 6.45) is 1.35. The maximum absolute atomic E-state index is 13.0. The monoisotopic (exact) mass is 379 g/mol. The van der Waals surface area contributed by atoms with Gasteiger partial charge in [0, 0.05) is 29.8 Å². The van der Waals surface area contributed by atoms with Crippen molar-refractivity contribution in [3.8, 4) is 11.3 Å². The average Bonchev–Trinajstić information content (AvgIpc) is 2.69. The Hall–Kier alpha value is -3.41. The molecule has 6 nitrogen and oxygen atoms in total. The molecule has 0 bridgehead atoms. The number of hydrogen-bond donors (Lipinski definition) is 1. The van der Waals surface area contributed by atoms with Gasteiger partial charge in [-0.15, -0.1) is 0 Å². The number of rotatable bonds is 5. The highest BCUT2D eigenvalue weighted by Gasteiger charge is 2.17. The van der Waals surface area contributed by atoms with Gasteiger partial charge in [0.15, 0.2) is 5.43 Å². The van der Waals surface area contributed by atoms with E-state index in [2.05, 4.69) is 5.32 Å². The average molecular weight is 379 g/mol. The second-order valence-corrected chi connectivity index (χ2v) is 6.45. The molecule has 28 heavy (non-hydrogen) atoms. The quantitative estimate of drug-likeness (QED) is 0.673. The number of fused-ring (bicyclic) bond motifs is 1. The summed E-state index contributed by atoms with van der Waals surface area (Å²) in [5.41, 5.74) is 2.55. The number of ether oxygens (including phenoxy) is 1. The fourth-order valence-corrected chi connectivity index (χ4v) is 3.10. The second-order valence-electron chi connectivity index (χ2n) is 6.45. The van der Waals surface area contributed by atoms with Crippen molar-refractivity contribution in [2.24, 2.45) is 0 Å². The van der Waals surface area contributed by atoms with Crippen LogP contribution in [0, 0.1) is 0 Å². The van der Waals surface area contributed by atoms with Crippen LogP contribution in [0.2, 0.25) is 0 Å². The maximum Gasteiger partial charge on any atom is 0.337 e. The third-order valence-corrected chi connectivity index (χ3v) is 4.37. The van der Waals surface area contributed by atoms with Crippen molar-refractivity contribution in [1.82, 2.24) is 0 Å². The van der Waals surface area contributed by atoms with Crippen LogP contribution in [0.4, 0.5) is 5.69 Å². The molecule has 0 fully saturated rings. The van der Waals surface area contributed by atoms with E-state index < -0.39 is 5.97 Å². The first-order chi connectivity index (χ1) is 13.4. The van der Waals surface area contributed by atoms with Crippen molar-refractivity contribution in [1.29, 1.82) is 0 Å². The van der Waals surface area contributed by atoms with Gasteiger partial charge in [0.05, 0.1) is 18.1 Å². The number of esters is 1. The van der Waals surface area contributed by atoms with E-state index >= 15 is 0 Å². The normalized spacial score (nSPS) is 10.7. The summed E-state index contributed by atoms with van der Waals surface area (Å²) in [4.78, 5) is 36.0. The van der Waals surface area contributed by atoms with Crippen molar-refractivity contribution in [2.75, 3.05) is 12.4 Å². The Balaban J connectivity index is 2.18. The molecule has 0 radical (unpaired) electrons. The number of anilines is 1. The molecule has 0 aliphatic heterocycles. The standard InChI is InChI=1S/C22H21NO5/c1-4-5-18-20(25)17-11-10-16(23-13(2)24)12-19(17)28-21(18)14-6-8-15(9-7-14)22(26)27-3/h6-12H,4-5H2,1-3H3,(H,23,24). The number of carbonyl (C=O) groups is 2. The number of methoxy groups -OCH3 is 1. The minimum atomic E-state index is -0.430. The highest BCUT2D eigenvalue weighted by atomic mass is 16.5. The lowest BCUT2D eigenvalue weighted by Crippen LogP contribution is -2.12. The van der Waals surface area contributed by atoms with E-state index in [0.29, 0.717) is 45.5 Å². The largest absolute Gasteiger partial charge is 0.465 e. The molecule has 0 spiro atoms. The van der Waals surface area contributed by atoms with E-state index in [1.807, 2.05) is 6.92 Å². The fraction of sp³-hybridized carbons (Fsp3) is 0.227. The van der Waals surface area contributed by atoms with Gasteiger partial charge in [0.1, 0.15) is 11.3 Å². The van der Waals surface area contributed by atoms with Crippen LogP contribution in [-0.4, -0.2) is 19.0 Å². The van der Waals surface area contributed by atoms with Gasteiger partial charge in [-0.25, -0.2) is 4.79 Å². The molecule has 0 saturated heterocycles. The van der Waals surface area contributed by atoms with Gasteiger partial charge in [-0.05, 0) is 30.7 Å². The number of nitrogens with one attached hydrogen (secondary N) is 1. The van der Waals surface area contributed by atoms with E-state index in [1.165, 1.54) is 14.0 Å². The molecule has 0 aliphatic carbocycles. The van der Waals surface area contributed by atoms with Crippen LogP contribution in [0.25, 0.3) is 22.3 Å². The molecule has 1 amide bonds. The molecule has 0 unspecified atom stereocenters. The topological polar surface area (TPSA) is 85.6 Å². The van der Waals surface area contributed by atoms with Crippen molar-refractivity contribution >= 4 is 28.5 Å². The van der Waals surface area contributed by atoms with Crippen LogP contribution >= 0.6 is 0 Å². The number of hydrogen-bond acceptors (Lipinski definition) is 5. The Bertz CT molecular complexity index is 1100. The summed E-state index contributed by atoms with van der Waals surface area (Å²) in [5, 5.41) is 3.15. The second kappa shape index (κ2) is 8.08. The molecular formula is C22H21NO5. The maximum atomic E-state index is 13.0. The molecule has 0 aliphatic rings. The molecule has 1 N–H and O–H groups in total. The molecule has 0 atom stereocenters. The van der Waals surface area contributed by atoms with Gasteiger partial charge in [0.2, 0.25) is 5.91 Å². The van der Waals surface area contributed by atoms with E-state index in [1.54, 1.807) is 42.5 Å². The molecule has 3 aromatic rings. The predicted octanol–water partition coefficient (Wildman–Crippen LogP) is 4.16. The molecule has 3 rings (SSSR count). The summed E-state index contributed by atoms with van der Waals surface area (Å²) in [7, 11) is 1.32. The Morgan fingerprint density at radius 1 is 1.11 bits per heavy atom. The Labute approximate surface area is 162 Å². The van der Waals surface area contributed by atoms with Gasteiger partial charge in [0.25, 0.3) is 0 Å². The third-order valence-electron chi connectivity index (χ3n) is 4.37. The summed E-state index contributed by atoms with van der Waals surface area (Å²) >= 11 is 0. The Morgan fingerprint density at radius 2 is 1.82 bits per heavy atom. The molecule has 144 valence electrons. The van der Waals surface area contributed by atoms with Crippen molar-refractivity contribution in [2.45, 2.75) is 26.7 Å². The molecule has 2 aromatic carbocycles. The molecule has 0 saturated carbocycles. The molecule has 1 aromatic heterocycles. The zero-order chi connectivity index (χ0) is 20.3. The minimum Gasteiger partial charge on any atom is -0.465 e. The van der Waals surface area contributed by atoms with E-state index in [9.17, 15) is 14.4 Å². The van der Waals surface area contributed by atoms with Crippen LogP contribution in [0.3, 0.4) is 0 Å². The molecule has 6 heteroatoms. The van der Waals surface area contributed by atoms with Gasteiger partial charge >= 0.3 is 5.97 Å². The molecule has 1 heterocycles. The van der Waals surface area contributed by atoms with Crippen LogP contribution in [0.1, 0.15) is 36.2 Å². The summed E-state index contributed by atoms with van der Waals surface area (Å²) in [6.45, 7) is 3.41. The van der Waals surface area contributed by atoms with Gasteiger partial charge < -0.3 is 14.5 Å². The van der Waals surface area contributed by atoms with E-state index in [-0.39, 0.29) is 11.3 Å². The lowest BCUT2D eigenvalue weighted by Gasteiger charge is -2.11. The summed E-state index contributed by atoms with van der Waals surface area (Å²) in [6, 6.07) is 11.7. The fourth-order valence-electron chi connectivity index (χ4n) is 3.10. The van der Waals surface area contributed by atoms with Gasteiger partial charge in [-0.3, -0.25) is 9.59 Å². The van der Waals surface area contributed by atoms with E-state index in [0.717, 1.165) is 6.42 Å². The highest BCUT2D eigenvalue weighted by Crippen LogP contribution is 2.28. The number of amides is 1. The van der Waals surface area contributed by atoms with Crippen LogP contribution in [0.15, 0.2) is 51.7 Å². The summed E-state index contributed by atoms with van der Waals surface area (Å²) < 4.78 is 10.8. The van der Waals surface area contributed by atoms with Crippen LogP contribution in [-0.2, 0) is 16.0 Å². The third kappa shape index (κ3) is 3.81. The zero-order valence-electron chi connectivity index (χ0n) is 16.0. The van der Waals surface area contributed by atoms with Crippen LogP contribution in [0.5, 0.6) is 0 Å². The van der Waals surface area contributed by atoms with Crippen molar-refractivity contribution in [3.63, 3.8) is 0 Å². The lowest BCUT2D eigenvalue weighted by atomic mass is 10.00. The first-order valence-corrected chi connectivity index (χ1v) is 9.00. The first-order valence-electron chi connectivity index (χ1n) is 9.00. The smallest absolute Gasteiger partial charge is 0.337 e.